The highest BCUT2D eigenvalue weighted by atomic mass is 35.5. The number of phenolic OH excluding ortho intramolecular Hbond substituents is 1. The summed E-state index contributed by atoms with van der Waals surface area (Å²) in [4.78, 5) is 11.5. The van der Waals surface area contributed by atoms with Crippen LogP contribution in [0.1, 0.15) is 48.6 Å². The predicted octanol–water partition coefficient (Wildman–Crippen LogP) is 3.29. The van der Waals surface area contributed by atoms with Gasteiger partial charge in [-0.3, -0.25) is 4.79 Å². The van der Waals surface area contributed by atoms with Gasteiger partial charge in [-0.15, -0.1) is 11.6 Å². The summed E-state index contributed by atoms with van der Waals surface area (Å²) >= 11 is 5.53. The number of rotatable bonds is 3. The van der Waals surface area contributed by atoms with Crippen molar-refractivity contribution < 1.29 is 14.6 Å². The van der Waals surface area contributed by atoms with Crippen molar-refractivity contribution in [3.05, 3.63) is 23.3 Å². The number of hydrogen-bond donors (Lipinski definition) is 1. The zero-order valence-electron chi connectivity index (χ0n) is 9.99. The largest absolute Gasteiger partial charge is 0.508 e. The molecule has 4 heteroatoms. The van der Waals surface area contributed by atoms with E-state index < -0.39 is 0 Å². The fourth-order valence-corrected chi connectivity index (χ4v) is 3.46. The standard InChI is InChI=1S/C14H15ClO3/c15-6-5-12(17)18-11-4-3-10(16)13-8-1-2-9(7-8)14(11)13/h3-4,8-9,16H,1-2,5-7H2/t8-,9+/m0/s1. The highest BCUT2D eigenvalue weighted by Gasteiger charge is 2.41. The van der Waals surface area contributed by atoms with E-state index >= 15 is 0 Å². The lowest BCUT2D eigenvalue weighted by molar-refractivity contribution is -0.133. The number of benzene rings is 1. The van der Waals surface area contributed by atoms with E-state index in [0.717, 1.165) is 30.4 Å². The number of carbonyl (C=O) groups is 1. The SMILES string of the molecule is O=C(CCCl)Oc1ccc(O)c2c1[C@@H]1CC[C@H]2C1. The monoisotopic (exact) mass is 266 g/mol. The normalized spacial score (nSPS) is 24.1. The molecule has 0 heterocycles. The number of esters is 1. The van der Waals surface area contributed by atoms with Gasteiger partial charge in [0.1, 0.15) is 11.5 Å². The van der Waals surface area contributed by atoms with Crippen LogP contribution in [0.15, 0.2) is 12.1 Å². The molecule has 2 bridgehead atoms. The van der Waals surface area contributed by atoms with Crippen LogP contribution in [-0.2, 0) is 4.79 Å². The second-order valence-electron chi connectivity index (χ2n) is 5.03. The first-order chi connectivity index (χ1) is 8.70. The fourth-order valence-electron chi connectivity index (χ4n) is 3.30. The van der Waals surface area contributed by atoms with Gasteiger partial charge >= 0.3 is 5.97 Å². The molecule has 0 spiro atoms. The number of fused-ring (bicyclic) bond motifs is 5. The fraction of sp³-hybridized carbons (Fsp3) is 0.500. The summed E-state index contributed by atoms with van der Waals surface area (Å²) in [7, 11) is 0. The van der Waals surface area contributed by atoms with Gasteiger partial charge in [-0.05, 0) is 43.2 Å². The molecule has 0 aromatic heterocycles. The Labute approximate surface area is 111 Å². The number of alkyl halides is 1. The first kappa shape index (κ1) is 11.8. The number of hydrogen-bond acceptors (Lipinski definition) is 3. The molecule has 0 saturated heterocycles. The van der Waals surface area contributed by atoms with E-state index in [9.17, 15) is 9.90 Å². The van der Waals surface area contributed by atoms with E-state index in [1.54, 1.807) is 12.1 Å². The molecule has 1 N–H and O–H groups in total. The zero-order valence-corrected chi connectivity index (χ0v) is 10.7. The zero-order chi connectivity index (χ0) is 12.7. The van der Waals surface area contributed by atoms with Crippen molar-refractivity contribution >= 4 is 17.6 Å². The average Bonchev–Trinajstić information content (AvgIpc) is 2.94. The molecular formula is C14H15ClO3. The van der Waals surface area contributed by atoms with E-state index in [1.165, 1.54) is 0 Å². The van der Waals surface area contributed by atoms with Gasteiger partial charge in [-0.1, -0.05) is 0 Å². The van der Waals surface area contributed by atoms with Crippen molar-refractivity contribution in [1.29, 1.82) is 0 Å². The van der Waals surface area contributed by atoms with Gasteiger partial charge in [0.15, 0.2) is 0 Å². The molecule has 1 aromatic carbocycles. The maximum absolute atomic E-state index is 11.5. The van der Waals surface area contributed by atoms with Gasteiger partial charge in [0.05, 0.1) is 6.42 Å². The molecule has 3 nitrogen and oxygen atoms in total. The maximum Gasteiger partial charge on any atom is 0.312 e. The van der Waals surface area contributed by atoms with Crippen molar-refractivity contribution in [2.24, 2.45) is 0 Å². The Hall–Kier alpha value is -1.22. The van der Waals surface area contributed by atoms with Crippen LogP contribution in [0.2, 0.25) is 0 Å². The minimum atomic E-state index is -0.305. The minimum absolute atomic E-state index is 0.214. The summed E-state index contributed by atoms with van der Waals surface area (Å²) in [6, 6.07) is 3.32. The third-order valence-corrected chi connectivity index (χ3v) is 4.18. The highest BCUT2D eigenvalue weighted by Crippen LogP contribution is 2.58. The van der Waals surface area contributed by atoms with Gasteiger partial charge in [0.2, 0.25) is 0 Å². The Morgan fingerprint density at radius 1 is 1.33 bits per heavy atom. The summed E-state index contributed by atoms with van der Waals surface area (Å²) in [6.07, 6.45) is 3.55. The van der Waals surface area contributed by atoms with Crippen molar-refractivity contribution in [3.8, 4) is 11.5 Å². The summed E-state index contributed by atoms with van der Waals surface area (Å²) in [6.45, 7) is 0. The van der Waals surface area contributed by atoms with Gasteiger partial charge < -0.3 is 9.84 Å². The van der Waals surface area contributed by atoms with Crippen molar-refractivity contribution in [1.82, 2.24) is 0 Å². The second kappa shape index (κ2) is 4.47. The van der Waals surface area contributed by atoms with E-state index in [0.29, 0.717) is 23.3 Å². The van der Waals surface area contributed by atoms with Crippen LogP contribution in [0.5, 0.6) is 11.5 Å². The molecule has 0 unspecified atom stereocenters. The molecule has 2 aliphatic carbocycles. The lowest BCUT2D eigenvalue weighted by Crippen LogP contribution is -2.11. The lowest BCUT2D eigenvalue weighted by atomic mass is 9.90. The molecule has 3 rings (SSSR count). The van der Waals surface area contributed by atoms with E-state index in [-0.39, 0.29) is 18.3 Å². The van der Waals surface area contributed by atoms with Gasteiger partial charge in [-0.2, -0.15) is 0 Å². The van der Waals surface area contributed by atoms with Gasteiger partial charge in [-0.25, -0.2) is 0 Å². The van der Waals surface area contributed by atoms with E-state index in [1.807, 2.05) is 0 Å². The van der Waals surface area contributed by atoms with Crippen LogP contribution in [0.4, 0.5) is 0 Å². The molecular weight excluding hydrogens is 252 g/mol. The maximum atomic E-state index is 11.5. The molecule has 2 atom stereocenters. The number of phenols is 1. The quantitative estimate of drug-likeness (QED) is 0.519. The second-order valence-corrected chi connectivity index (χ2v) is 5.41. The smallest absolute Gasteiger partial charge is 0.312 e. The lowest BCUT2D eigenvalue weighted by Gasteiger charge is -2.19. The molecule has 96 valence electrons. The molecule has 18 heavy (non-hydrogen) atoms. The Balaban J connectivity index is 1.95. The Morgan fingerprint density at radius 3 is 2.78 bits per heavy atom. The molecule has 0 amide bonds. The number of carbonyl (C=O) groups excluding carboxylic acids is 1. The Morgan fingerprint density at radius 2 is 2.06 bits per heavy atom. The first-order valence-electron chi connectivity index (χ1n) is 6.33. The summed E-state index contributed by atoms with van der Waals surface area (Å²) in [5.41, 5.74) is 2.05. The summed E-state index contributed by atoms with van der Waals surface area (Å²) < 4.78 is 5.37. The molecule has 0 aliphatic heterocycles. The Bertz CT molecular complexity index is 498. The first-order valence-corrected chi connectivity index (χ1v) is 6.86. The number of ether oxygens (including phenoxy) is 1. The molecule has 1 aromatic rings. The van der Waals surface area contributed by atoms with Crippen LogP contribution in [0.25, 0.3) is 0 Å². The van der Waals surface area contributed by atoms with E-state index in [4.69, 9.17) is 16.3 Å². The van der Waals surface area contributed by atoms with Crippen LogP contribution in [0.3, 0.4) is 0 Å². The third-order valence-electron chi connectivity index (χ3n) is 4.00. The summed E-state index contributed by atoms with van der Waals surface area (Å²) in [5, 5.41) is 9.95. The summed E-state index contributed by atoms with van der Waals surface area (Å²) in [5.74, 6) is 1.80. The third kappa shape index (κ3) is 1.77. The van der Waals surface area contributed by atoms with Crippen molar-refractivity contribution in [3.63, 3.8) is 0 Å². The average molecular weight is 267 g/mol. The predicted molar refractivity (Wildman–Crippen MR) is 68.4 cm³/mol. The van der Waals surface area contributed by atoms with Gasteiger partial charge in [0, 0.05) is 17.0 Å². The van der Waals surface area contributed by atoms with Crippen LogP contribution < -0.4 is 4.74 Å². The number of halogens is 1. The molecule has 1 fully saturated rings. The van der Waals surface area contributed by atoms with Crippen LogP contribution >= 0.6 is 11.6 Å². The van der Waals surface area contributed by atoms with Crippen LogP contribution in [0, 0.1) is 0 Å². The number of aromatic hydroxyl groups is 1. The Kier molecular flexibility index (Phi) is 2.94. The van der Waals surface area contributed by atoms with Crippen LogP contribution in [-0.4, -0.2) is 17.0 Å². The van der Waals surface area contributed by atoms with Crippen molar-refractivity contribution in [2.75, 3.05) is 5.88 Å². The topological polar surface area (TPSA) is 46.5 Å². The highest BCUT2D eigenvalue weighted by molar-refractivity contribution is 6.18. The van der Waals surface area contributed by atoms with Crippen molar-refractivity contribution in [2.45, 2.75) is 37.5 Å². The molecule has 1 saturated carbocycles. The molecule has 2 aliphatic rings. The van der Waals surface area contributed by atoms with Gasteiger partial charge in [0.25, 0.3) is 0 Å². The van der Waals surface area contributed by atoms with E-state index in [2.05, 4.69) is 0 Å². The minimum Gasteiger partial charge on any atom is -0.508 e. The molecule has 0 radical (unpaired) electrons.